The molecule has 0 fully saturated rings. The number of anilines is 1. The van der Waals surface area contributed by atoms with Crippen molar-refractivity contribution in [1.82, 2.24) is 4.57 Å². The van der Waals surface area contributed by atoms with Crippen molar-refractivity contribution in [2.75, 3.05) is 5.32 Å². The molecular weight excluding hydrogens is 200 g/mol. The van der Waals surface area contributed by atoms with Crippen molar-refractivity contribution in [2.45, 2.75) is 6.92 Å². The number of aromatic nitrogens is 1. The Hall–Kier alpha value is -2.03. The van der Waals surface area contributed by atoms with Crippen molar-refractivity contribution in [2.24, 2.45) is 7.05 Å². The van der Waals surface area contributed by atoms with Gasteiger partial charge in [0.2, 0.25) is 0 Å². The van der Waals surface area contributed by atoms with Crippen molar-refractivity contribution >= 4 is 11.6 Å². The summed E-state index contributed by atoms with van der Waals surface area (Å²) in [6, 6.07) is 11.4. The van der Waals surface area contributed by atoms with E-state index in [1.165, 1.54) is 5.56 Å². The molecule has 0 aliphatic heterocycles. The number of aryl methyl sites for hydroxylation is 2. The van der Waals surface area contributed by atoms with Gasteiger partial charge in [0, 0.05) is 18.9 Å². The van der Waals surface area contributed by atoms with Crippen LogP contribution in [0.3, 0.4) is 0 Å². The molecule has 1 heterocycles. The van der Waals surface area contributed by atoms with E-state index >= 15 is 0 Å². The lowest BCUT2D eigenvalue weighted by molar-refractivity contribution is 0.101. The third-order valence-corrected chi connectivity index (χ3v) is 2.49. The standard InChI is InChI=1S/C13H14N2O/c1-10-5-7-11(8-6-10)14-13(16)12-4-3-9-15(12)2/h3-9H,1-2H3,(H,14,16). The topological polar surface area (TPSA) is 34.0 Å². The van der Waals surface area contributed by atoms with Gasteiger partial charge in [-0.25, -0.2) is 0 Å². The predicted molar refractivity (Wildman–Crippen MR) is 64.5 cm³/mol. The fourth-order valence-corrected chi connectivity index (χ4v) is 1.53. The molecule has 0 saturated heterocycles. The predicted octanol–water partition coefficient (Wildman–Crippen LogP) is 2.59. The summed E-state index contributed by atoms with van der Waals surface area (Å²) < 4.78 is 1.80. The first-order valence-electron chi connectivity index (χ1n) is 5.16. The monoisotopic (exact) mass is 214 g/mol. The summed E-state index contributed by atoms with van der Waals surface area (Å²) in [5, 5.41) is 2.85. The Morgan fingerprint density at radius 3 is 2.44 bits per heavy atom. The van der Waals surface area contributed by atoms with E-state index in [-0.39, 0.29) is 5.91 Å². The summed E-state index contributed by atoms with van der Waals surface area (Å²) in [5.74, 6) is -0.0867. The average molecular weight is 214 g/mol. The minimum Gasteiger partial charge on any atom is -0.347 e. The molecule has 0 aliphatic rings. The highest BCUT2D eigenvalue weighted by Crippen LogP contribution is 2.10. The quantitative estimate of drug-likeness (QED) is 0.819. The number of carbonyl (C=O) groups excluding carboxylic acids is 1. The van der Waals surface area contributed by atoms with Gasteiger partial charge in [-0.2, -0.15) is 0 Å². The zero-order valence-corrected chi connectivity index (χ0v) is 9.40. The number of carbonyl (C=O) groups is 1. The van der Waals surface area contributed by atoms with E-state index in [1.807, 2.05) is 50.5 Å². The summed E-state index contributed by atoms with van der Waals surface area (Å²) in [7, 11) is 1.85. The van der Waals surface area contributed by atoms with Crippen LogP contribution in [0.5, 0.6) is 0 Å². The number of hydrogen-bond acceptors (Lipinski definition) is 1. The van der Waals surface area contributed by atoms with Crippen LogP contribution in [0.2, 0.25) is 0 Å². The highest BCUT2D eigenvalue weighted by atomic mass is 16.1. The molecule has 0 bridgehead atoms. The fraction of sp³-hybridized carbons (Fsp3) is 0.154. The molecule has 82 valence electrons. The summed E-state index contributed by atoms with van der Waals surface area (Å²) in [6.07, 6.45) is 1.85. The largest absolute Gasteiger partial charge is 0.347 e. The van der Waals surface area contributed by atoms with Crippen LogP contribution < -0.4 is 5.32 Å². The highest BCUT2D eigenvalue weighted by molar-refractivity contribution is 6.03. The Kier molecular flexibility index (Phi) is 2.77. The van der Waals surface area contributed by atoms with Gasteiger partial charge in [0.25, 0.3) is 5.91 Å². The molecule has 0 radical (unpaired) electrons. The first-order valence-corrected chi connectivity index (χ1v) is 5.16. The van der Waals surface area contributed by atoms with E-state index in [2.05, 4.69) is 5.32 Å². The number of benzene rings is 1. The maximum atomic E-state index is 11.8. The summed E-state index contributed by atoms with van der Waals surface area (Å²) in [5.41, 5.74) is 2.65. The SMILES string of the molecule is Cc1ccc(NC(=O)c2cccn2C)cc1. The molecule has 3 heteroatoms. The van der Waals surface area contributed by atoms with Crippen LogP contribution in [0.25, 0.3) is 0 Å². The Labute approximate surface area is 94.7 Å². The van der Waals surface area contributed by atoms with Gasteiger partial charge in [-0.15, -0.1) is 0 Å². The van der Waals surface area contributed by atoms with E-state index in [1.54, 1.807) is 10.6 Å². The second-order valence-electron chi connectivity index (χ2n) is 3.82. The number of nitrogens with one attached hydrogen (secondary N) is 1. The van der Waals surface area contributed by atoms with Crippen molar-refractivity contribution in [3.05, 3.63) is 53.9 Å². The lowest BCUT2D eigenvalue weighted by Gasteiger charge is -2.06. The molecule has 16 heavy (non-hydrogen) atoms. The molecule has 0 unspecified atom stereocenters. The molecule has 2 aromatic rings. The number of amides is 1. The van der Waals surface area contributed by atoms with Crippen LogP contribution in [-0.2, 0) is 7.05 Å². The van der Waals surface area contributed by atoms with Gasteiger partial charge >= 0.3 is 0 Å². The van der Waals surface area contributed by atoms with Gasteiger partial charge in [-0.1, -0.05) is 17.7 Å². The molecule has 0 spiro atoms. The maximum absolute atomic E-state index is 11.8. The zero-order chi connectivity index (χ0) is 11.5. The summed E-state index contributed by atoms with van der Waals surface area (Å²) >= 11 is 0. The third-order valence-electron chi connectivity index (χ3n) is 2.49. The minimum absolute atomic E-state index is 0.0867. The van der Waals surface area contributed by atoms with Gasteiger partial charge in [0.1, 0.15) is 5.69 Å². The number of nitrogens with zero attached hydrogens (tertiary/aromatic N) is 1. The molecule has 0 atom stereocenters. The molecular formula is C13H14N2O. The lowest BCUT2D eigenvalue weighted by atomic mass is 10.2. The molecule has 0 saturated carbocycles. The van der Waals surface area contributed by atoms with E-state index in [0.29, 0.717) is 5.69 Å². The maximum Gasteiger partial charge on any atom is 0.272 e. The highest BCUT2D eigenvalue weighted by Gasteiger charge is 2.08. The number of rotatable bonds is 2. The van der Waals surface area contributed by atoms with Gasteiger partial charge in [-0.05, 0) is 31.2 Å². The average Bonchev–Trinajstić information content (AvgIpc) is 2.68. The second kappa shape index (κ2) is 4.23. The van der Waals surface area contributed by atoms with Crippen LogP contribution in [0, 0.1) is 6.92 Å². The molecule has 1 N–H and O–H groups in total. The van der Waals surface area contributed by atoms with Crippen LogP contribution >= 0.6 is 0 Å². The van der Waals surface area contributed by atoms with E-state index in [4.69, 9.17) is 0 Å². The van der Waals surface area contributed by atoms with Crippen LogP contribution in [0.15, 0.2) is 42.6 Å². The van der Waals surface area contributed by atoms with Gasteiger partial charge in [0.05, 0.1) is 0 Å². The normalized spacial score (nSPS) is 10.1. The van der Waals surface area contributed by atoms with Gasteiger partial charge in [0.15, 0.2) is 0 Å². The molecule has 1 amide bonds. The third kappa shape index (κ3) is 2.14. The molecule has 1 aromatic carbocycles. The molecule has 3 nitrogen and oxygen atoms in total. The first-order chi connectivity index (χ1) is 7.66. The van der Waals surface area contributed by atoms with Crippen LogP contribution in [0.1, 0.15) is 16.1 Å². The molecule has 2 rings (SSSR count). The Morgan fingerprint density at radius 1 is 1.19 bits per heavy atom. The lowest BCUT2D eigenvalue weighted by Crippen LogP contribution is -2.15. The van der Waals surface area contributed by atoms with E-state index in [0.717, 1.165) is 5.69 Å². The van der Waals surface area contributed by atoms with Crippen LogP contribution in [-0.4, -0.2) is 10.5 Å². The second-order valence-corrected chi connectivity index (χ2v) is 3.82. The van der Waals surface area contributed by atoms with Crippen molar-refractivity contribution in [3.8, 4) is 0 Å². The minimum atomic E-state index is -0.0867. The van der Waals surface area contributed by atoms with E-state index < -0.39 is 0 Å². The molecule has 1 aromatic heterocycles. The zero-order valence-electron chi connectivity index (χ0n) is 9.40. The molecule has 0 aliphatic carbocycles. The smallest absolute Gasteiger partial charge is 0.272 e. The van der Waals surface area contributed by atoms with Gasteiger partial charge < -0.3 is 9.88 Å². The Morgan fingerprint density at radius 2 is 1.88 bits per heavy atom. The number of hydrogen-bond donors (Lipinski definition) is 1. The van der Waals surface area contributed by atoms with Crippen molar-refractivity contribution in [3.63, 3.8) is 0 Å². The van der Waals surface area contributed by atoms with Crippen molar-refractivity contribution in [1.29, 1.82) is 0 Å². The van der Waals surface area contributed by atoms with Crippen molar-refractivity contribution < 1.29 is 4.79 Å². The summed E-state index contributed by atoms with van der Waals surface area (Å²) in [6.45, 7) is 2.02. The van der Waals surface area contributed by atoms with Crippen LogP contribution in [0.4, 0.5) is 5.69 Å². The van der Waals surface area contributed by atoms with E-state index in [9.17, 15) is 4.79 Å². The Balaban J connectivity index is 2.14. The Bertz CT molecular complexity index is 497. The van der Waals surface area contributed by atoms with Gasteiger partial charge in [-0.3, -0.25) is 4.79 Å². The fourth-order valence-electron chi connectivity index (χ4n) is 1.53. The first kappa shape index (κ1) is 10.5. The summed E-state index contributed by atoms with van der Waals surface area (Å²) in [4.78, 5) is 11.8.